The second-order valence-electron chi connectivity index (χ2n) is 5.05. The van der Waals surface area contributed by atoms with E-state index in [-0.39, 0.29) is 12.3 Å². The molecule has 1 fully saturated rings. The van der Waals surface area contributed by atoms with Crippen LogP contribution in [0.15, 0.2) is 30.3 Å². The molecule has 2 unspecified atom stereocenters. The van der Waals surface area contributed by atoms with Crippen molar-refractivity contribution in [2.75, 3.05) is 13.1 Å². The molecule has 1 heterocycles. The van der Waals surface area contributed by atoms with Crippen LogP contribution in [0.3, 0.4) is 0 Å². The summed E-state index contributed by atoms with van der Waals surface area (Å²) >= 11 is 0. The average Bonchev–Trinajstić information content (AvgIpc) is 2.40. The Morgan fingerprint density at radius 3 is 2.89 bits per heavy atom. The van der Waals surface area contributed by atoms with Gasteiger partial charge in [0.25, 0.3) is 0 Å². The lowest BCUT2D eigenvalue weighted by atomic mass is 9.91. The highest BCUT2D eigenvalue weighted by atomic mass is 16.3. The Balaban J connectivity index is 1.89. The van der Waals surface area contributed by atoms with Crippen LogP contribution in [0.2, 0.25) is 0 Å². The van der Waals surface area contributed by atoms with E-state index in [1.54, 1.807) is 0 Å². The topological polar surface area (TPSA) is 47.3 Å². The number of benzene rings is 1. The molecule has 96 valence electrons. The molecule has 3 nitrogen and oxygen atoms in total. The van der Waals surface area contributed by atoms with Gasteiger partial charge in [-0.05, 0) is 30.9 Å². The molecule has 0 spiro atoms. The van der Waals surface area contributed by atoms with Gasteiger partial charge in [0, 0.05) is 13.1 Å². The molecule has 1 aliphatic heterocycles. The van der Waals surface area contributed by atoms with Crippen LogP contribution in [0.1, 0.15) is 24.8 Å². The standard InChI is InChI=1S/C15H20N2O/c16-9-8-15(18)14-7-4-10-17(12-14)11-13-5-2-1-3-6-13/h1-3,5-6,14-15,18H,4,7-8,10-12H2. The zero-order valence-electron chi connectivity index (χ0n) is 10.6. The van der Waals surface area contributed by atoms with Crippen molar-refractivity contribution in [1.82, 2.24) is 4.90 Å². The van der Waals surface area contributed by atoms with Gasteiger partial charge in [0.15, 0.2) is 0 Å². The molecule has 0 saturated carbocycles. The molecule has 3 heteroatoms. The van der Waals surface area contributed by atoms with E-state index in [1.807, 2.05) is 6.07 Å². The highest BCUT2D eigenvalue weighted by Gasteiger charge is 2.25. The third kappa shape index (κ3) is 3.56. The predicted octanol–water partition coefficient (Wildman–Crippen LogP) is 2.17. The van der Waals surface area contributed by atoms with Crippen molar-refractivity contribution < 1.29 is 5.11 Å². The van der Waals surface area contributed by atoms with Crippen molar-refractivity contribution in [3.63, 3.8) is 0 Å². The van der Waals surface area contributed by atoms with Crippen LogP contribution in [0.25, 0.3) is 0 Å². The maximum Gasteiger partial charge on any atom is 0.0710 e. The third-order valence-corrected chi connectivity index (χ3v) is 3.64. The Morgan fingerprint density at radius 1 is 1.39 bits per heavy atom. The number of piperidine rings is 1. The summed E-state index contributed by atoms with van der Waals surface area (Å²) in [6.45, 7) is 2.93. The highest BCUT2D eigenvalue weighted by molar-refractivity contribution is 5.14. The van der Waals surface area contributed by atoms with Gasteiger partial charge in [-0.3, -0.25) is 4.90 Å². The van der Waals surface area contributed by atoms with Gasteiger partial charge < -0.3 is 5.11 Å². The monoisotopic (exact) mass is 244 g/mol. The summed E-state index contributed by atoms with van der Waals surface area (Å²) < 4.78 is 0. The van der Waals surface area contributed by atoms with Crippen LogP contribution in [-0.4, -0.2) is 29.2 Å². The largest absolute Gasteiger partial charge is 0.392 e. The zero-order valence-corrected chi connectivity index (χ0v) is 10.6. The molecule has 2 atom stereocenters. The number of likely N-dealkylation sites (tertiary alicyclic amines) is 1. The minimum absolute atomic E-state index is 0.252. The van der Waals surface area contributed by atoms with E-state index < -0.39 is 6.10 Å². The Bertz CT molecular complexity index is 399. The third-order valence-electron chi connectivity index (χ3n) is 3.64. The molecule has 18 heavy (non-hydrogen) atoms. The molecule has 1 aromatic rings. The molecule has 0 aliphatic carbocycles. The molecule has 0 aromatic heterocycles. The van der Waals surface area contributed by atoms with E-state index >= 15 is 0 Å². The Labute approximate surface area is 109 Å². The quantitative estimate of drug-likeness (QED) is 0.883. The maximum absolute atomic E-state index is 9.91. The first kappa shape index (κ1) is 13.1. The Hall–Kier alpha value is -1.37. The second kappa shape index (κ2) is 6.53. The summed E-state index contributed by atoms with van der Waals surface area (Å²) in [5, 5.41) is 18.6. The lowest BCUT2D eigenvalue weighted by molar-refractivity contribution is 0.0512. The summed E-state index contributed by atoms with van der Waals surface area (Å²) in [4.78, 5) is 2.38. The van der Waals surface area contributed by atoms with Crippen molar-refractivity contribution in [3.05, 3.63) is 35.9 Å². The lowest BCUT2D eigenvalue weighted by Crippen LogP contribution is -2.39. The van der Waals surface area contributed by atoms with E-state index in [2.05, 4.69) is 35.2 Å². The number of nitrogens with zero attached hydrogens (tertiary/aromatic N) is 2. The second-order valence-corrected chi connectivity index (χ2v) is 5.05. The van der Waals surface area contributed by atoms with E-state index in [0.717, 1.165) is 32.5 Å². The molecule has 1 saturated heterocycles. The van der Waals surface area contributed by atoms with Gasteiger partial charge in [-0.2, -0.15) is 5.26 Å². The molecule has 0 radical (unpaired) electrons. The first-order valence-electron chi connectivity index (χ1n) is 6.61. The molecular weight excluding hydrogens is 224 g/mol. The van der Waals surface area contributed by atoms with Gasteiger partial charge in [0.05, 0.1) is 18.6 Å². The first-order chi connectivity index (χ1) is 8.79. The van der Waals surface area contributed by atoms with Crippen molar-refractivity contribution in [2.45, 2.75) is 31.9 Å². The fraction of sp³-hybridized carbons (Fsp3) is 0.533. The van der Waals surface area contributed by atoms with Crippen molar-refractivity contribution in [1.29, 1.82) is 5.26 Å². The van der Waals surface area contributed by atoms with Crippen LogP contribution >= 0.6 is 0 Å². The van der Waals surface area contributed by atoms with Crippen molar-refractivity contribution >= 4 is 0 Å². The van der Waals surface area contributed by atoms with Gasteiger partial charge in [-0.1, -0.05) is 30.3 Å². The summed E-state index contributed by atoms with van der Waals surface area (Å²) in [7, 11) is 0. The molecule has 0 amide bonds. The van der Waals surface area contributed by atoms with Crippen LogP contribution in [0, 0.1) is 17.2 Å². The van der Waals surface area contributed by atoms with Crippen molar-refractivity contribution in [2.24, 2.45) is 5.92 Å². The lowest BCUT2D eigenvalue weighted by Gasteiger charge is -2.34. The number of nitriles is 1. The average molecular weight is 244 g/mol. The van der Waals surface area contributed by atoms with E-state index in [9.17, 15) is 5.11 Å². The normalized spacial score (nSPS) is 22.3. The fourth-order valence-corrected chi connectivity index (χ4v) is 2.65. The summed E-state index contributed by atoms with van der Waals surface area (Å²) in [6.07, 6.45) is 1.94. The summed E-state index contributed by atoms with van der Waals surface area (Å²) in [5.41, 5.74) is 1.31. The van der Waals surface area contributed by atoms with E-state index in [4.69, 9.17) is 5.26 Å². The first-order valence-corrected chi connectivity index (χ1v) is 6.61. The molecule has 1 N–H and O–H groups in total. The number of hydrogen-bond donors (Lipinski definition) is 1. The molecule has 0 bridgehead atoms. The van der Waals surface area contributed by atoms with Crippen LogP contribution in [0.5, 0.6) is 0 Å². The Morgan fingerprint density at radius 2 is 2.17 bits per heavy atom. The minimum atomic E-state index is -0.464. The van der Waals surface area contributed by atoms with Gasteiger partial charge in [0.1, 0.15) is 0 Å². The van der Waals surface area contributed by atoms with E-state index in [0.29, 0.717) is 0 Å². The smallest absolute Gasteiger partial charge is 0.0710 e. The van der Waals surface area contributed by atoms with Gasteiger partial charge in [-0.15, -0.1) is 0 Å². The maximum atomic E-state index is 9.91. The van der Waals surface area contributed by atoms with Gasteiger partial charge >= 0.3 is 0 Å². The SMILES string of the molecule is N#CCC(O)C1CCCN(Cc2ccccc2)C1. The van der Waals surface area contributed by atoms with Crippen LogP contribution in [-0.2, 0) is 6.54 Å². The zero-order chi connectivity index (χ0) is 12.8. The fourth-order valence-electron chi connectivity index (χ4n) is 2.65. The number of hydrogen-bond acceptors (Lipinski definition) is 3. The summed E-state index contributed by atoms with van der Waals surface area (Å²) in [5.74, 6) is 0.252. The highest BCUT2D eigenvalue weighted by Crippen LogP contribution is 2.22. The molecule has 1 aliphatic rings. The Kier molecular flexibility index (Phi) is 4.74. The molecular formula is C15H20N2O. The number of rotatable bonds is 4. The van der Waals surface area contributed by atoms with Crippen molar-refractivity contribution in [3.8, 4) is 6.07 Å². The predicted molar refractivity (Wildman–Crippen MR) is 70.7 cm³/mol. The van der Waals surface area contributed by atoms with E-state index in [1.165, 1.54) is 5.56 Å². The van der Waals surface area contributed by atoms with Gasteiger partial charge in [0.2, 0.25) is 0 Å². The van der Waals surface area contributed by atoms with Crippen LogP contribution < -0.4 is 0 Å². The minimum Gasteiger partial charge on any atom is -0.392 e. The summed E-state index contributed by atoms with van der Waals surface area (Å²) in [6, 6.07) is 12.5. The number of aliphatic hydroxyl groups excluding tert-OH is 1. The number of aliphatic hydroxyl groups is 1. The molecule has 2 rings (SSSR count). The van der Waals surface area contributed by atoms with Crippen LogP contribution in [0.4, 0.5) is 0 Å². The van der Waals surface area contributed by atoms with Gasteiger partial charge in [-0.25, -0.2) is 0 Å². The molecule has 1 aromatic carbocycles.